The molecule has 9 heteroatoms. The number of hydrogen-bond donors (Lipinski definition) is 1. The minimum absolute atomic E-state index is 0.0708. The molecule has 6 nitrogen and oxygen atoms in total. The molecule has 0 fully saturated rings. The van der Waals surface area contributed by atoms with Crippen LogP contribution in [-0.4, -0.2) is 36.0 Å². The molecule has 31 heavy (non-hydrogen) atoms. The summed E-state index contributed by atoms with van der Waals surface area (Å²) in [4.78, 5) is 12.7. The third-order valence-corrected chi connectivity index (χ3v) is 4.48. The molecular formula is C22H22F3N3O3. The molecular weight excluding hydrogens is 411 g/mol. The summed E-state index contributed by atoms with van der Waals surface area (Å²) in [5, 5.41) is 6.90. The summed E-state index contributed by atoms with van der Waals surface area (Å²) in [6, 6.07) is 11.5. The van der Waals surface area contributed by atoms with Crippen molar-refractivity contribution in [2.75, 3.05) is 25.6 Å². The van der Waals surface area contributed by atoms with Gasteiger partial charge in [-0.25, -0.2) is 4.68 Å². The number of aromatic nitrogens is 2. The van der Waals surface area contributed by atoms with Gasteiger partial charge in [0.25, 0.3) is 5.91 Å². The van der Waals surface area contributed by atoms with Gasteiger partial charge in [0.05, 0.1) is 29.2 Å². The van der Waals surface area contributed by atoms with Gasteiger partial charge in [-0.2, -0.15) is 18.3 Å². The zero-order valence-corrected chi connectivity index (χ0v) is 17.3. The van der Waals surface area contributed by atoms with E-state index in [1.54, 1.807) is 28.9 Å². The molecule has 1 heterocycles. The van der Waals surface area contributed by atoms with Gasteiger partial charge in [0.15, 0.2) is 0 Å². The van der Waals surface area contributed by atoms with Crippen molar-refractivity contribution in [3.8, 4) is 11.4 Å². The zero-order chi connectivity index (χ0) is 22.6. The Morgan fingerprint density at radius 2 is 1.77 bits per heavy atom. The number of nitrogens with zero attached hydrogens (tertiary/aromatic N) is 2. The first-order valence-corrected chi connectivity index (χ1v) is 9.47. The zero-order valence-electron chi connectivity index (χ0n) is 17.3. The van der Waals surface area contributed by atoms with Gasteiger partial charge in [-0.15, -0.1) is 0 Å². The quantitative estimate of drug-likeness (QED) is 0.545. The fourth-order valence-corrected chi connectivity index (χ4v) is 3.00. The first kappa shape index (κ1) is 22.4. The Morgan fingerprint density at radius 1 is 1.06 bits per heavy atom. The Kier molecular flexibility index (Phi) is 6.65. The molecule has 0 atom stereocenters. The average Bonchev–Trinajstić information content (AvgIpc) is 3.06. The number of methoxy groups -OCH3 is 1. The summed E-state index contributed by atoms with van der Waals surface area (Å²) in [7, 11) is 1.48. The minimum atomic E-state index is -4.55. The van der Waals surface area contributed by atoms with Crippen molar-refractivity contribution in [2.24, 2.45) is 0 Å². The number of carbonyl (C=O) groups excluding carboxylic acids is 1. The predicted octanol–water partition coefficient (Wildman–Crippen LogP) is 4.79. The van der Waals surface area contributed by atoms with Crippen molar-refractivity contribution in [3.05, 3.63) is 71.0 Å². The van der Waals surface area contributed by atoms with Crippen LogP contribution in [0.1, 0.15) is 27.3 Å². The highest BCUT2D eigenvalue weighted by Gasteiger charge is 2.31. The Hall–Kier alpha value is -3.33. The monoisotopic (exact) mass is 433 g/mol. The lowest BCUT2D eigenvalue weighted by atomic mass is 10.1. The number of halogens is 3. The molecule has 2 aromatic carbocycles. The molecule has 0 bridgehead atoms. The second-order valence-electron chi connectivity index (χ2n) is 6.89. The molecule has 0 saturated heterocycles. The maximum atomic E-state index is 13.1. The fraction of sp³-hybridized carbons (Fsp3) is 0.273. The summed E-state index contributed by atoms with van der Waals surface area (Å²) >= 11 is 0. The fourth-order valence-electron chi connectivity index (χ4n) is 3.00. The molecule has 0 aliphatic rings. The Labute approximate surface area is 177 Å². The lowest BCUT2D eigenvalue weighted by Gasteiger charge is -2.15. The third kappa shape index (κ3) is 5.43. The molecule has 3 aromatic rings. The highest BCUT2D eigenvalue weighted by Crippen LogP contribution is 2.35. The van der Waals surface area contributed by atoms with Gasteiger partial charge in [-0.05, 0) is 62.4 Å². The summed E-state index contributed by atoms with van der Waals surface area (Å²) in [6.07, 6.45) is -4.55. The summed E-state index contributed by atoms with van der Waals surface area (Å²) in [5.41, 5.74) is 1.90. The number of rotatable bonds is 7. The van der Waals surface area contributed by atoms with E-state index >= 15 is 0 Å². The molecule has 1 amide bonds. The van der Waals surface area contributed by atoms with Crippen molar-refractivity contribution in [1.82, 2.24) is 9.78 Å². The van der Waals surface area contributed by atoms with Crippen LogP contribution in [0.15, 0.2) is 48.5 Å². The smallest absolute Gasteiger partial charge is 0.416 e. The normalized spacial score (nSPS) is 11.4. The van der Waals surface area contributed by atoms with Crippen LogP contribution < -0.4 is 10.1 Å². The Morgan fingerprint density at radius 3 is 2.35 bits per heavy atom. The molecule has 0 unspecified atom stereocenters. The van der Waals surface area contributed by atoms with E-state index in [0.717, 1.165) is 29.2 Å². The van der Waals surface area contributed by atoms with Crippen LogP contribution in [0.3, 0.4) is 0 Å². The largest absolute Gasteiger partial charge is 0.489 e. The van der Waals surface area contributed by atoms with Crippen LogP contribution in [0.25, 0.3) is 5.69 Å². The van der Waals surface area contributed by atoms with E-state index in [-0.39, 0.29) is 30.2 Å². The first-order valence-electron chi connectivity index (χ1n) is 9.47. The van der Waals surface area contributed by atoms with Crippen molar-refractivity contribution in [2.45, 2.75) is 20.0 Å². The van der Waals surface area contributed by atoms with Gasteiger partial charge >= 0.3 is 6.18 Å². The maximum absolute atomic E-state index is 13.1. The van der Waals surface area contributed by atoms with Crippen LogP contribution >= 0.6 is 0 Å². The number of aryl methyl sites for hydroxylation is 2. The lowest BCUT2D eigenvalue weighted by Crippen LogP contribution is -2.15. The van der Waals surface area contributed by atoms with E-state index in [0.29, 0.717) is 0 Å². The van der Waals surface area contributed by atoms with E-state index in [9.17, 15) is 18.0 Å². The van der Waals surface area contributed by atoms with E-state index in [1.165, 1.54) is 13.2 Å². The molecule has 0 aliphatic heterocycles. The standard InChI is InChI=1S/C22H22F3N3O3/c1-14-12-15(2)28(27-14)18-7-4-16(5-8-18)21(29)26-19-13-17(22(23,24)25)6-9-20(19)31-11-10-30-3/h4-9,12-13H,10-11H2,1-3H3,(H,26,29). The van der Waals surface area contributed by atoms with Crippen LogP contribution in [-0.2, 0) is 10.9 Å². The number of alkyl halides is 3. The number of nitrogens with one attached hydrogen (secondary N) is 1. The van der Waals surface area contributed by atoms with Gasteiger partial charge in [0.2, 0.25) is 0 Å². The van der Waals surface area contributed by atoms with Crippen LogP contribution in [0.2, 0.25) is 0 Å². The number of hydrogen-bond acceptors (Lipinski definition) is 4. The molecule has 0 saturated carbocycles. The van der Waals surface area contributed by atoms with Gasteiger partial charge in [0, 0.05) is 18.4 Å². The average molecular weight is 433 g/mol. The van der Waals surface area contributed by atoms with E-state index < -0.39 is 17.6 Å². The minimum Gasteiger partial charge on any atom is -0.489 e. The highest BCUT2D eigenvalue weighted by molar-refractivity contribution is 6.05. The van der Waals surface area contributed by atoms with Crippen molar-refractivity contribution in [3.63, 3.8) is 0 Å². The van der Waals surface area contributed by atoms with Crippen molar-refractivity contribution < 1.29 is 27.4 Å². The third-order valence-electron chi connectivity index (χ3n) is 4.48. The predicted molar refractivity (Wildman–Crippen MR) is 110 cm³/mol. The second kappa shape index (κ2) is 9.22. The molecule has 0 radical (unpaired) electrons. The van der Waals surface area contributed by atoms with Crippen LogP contribution in [0.5, 0.6) is 5.75 Å². The number of carbonyl (C=O) groups is 1. The van der Waals surface area contributed by atoms with Crippen LogP contribution in [0.4, 0.5) is 18.9 Å². The van der Waals surface area contributed by atoms with E-state index in [4.69, 9.17) is 9.47 Å². The summed E-state index contributed by atoms with van der Waals surface area (Å²) < 4.78 is 51.5. The van der Waals surface area contributed by atoms with Crippen LogP contribution in [0, 0.1) is 13.8 Å². The molecule has 0 spiro atoms. The van der Waals surface area contributed by atoms with E-state index in [1.807, 2.05) is 19.9 Å². The second-order valence-corrected chi connectivity index (χ2v) is 6.89. The van der Waals surface area contributed by atoms with Gasteiger partial charge in [-0.1, -0.05) is 0 Å². The van der Waals surface area contributed by atoms with Gasteiger partial charge in [-0.3, -0.25) is 4.79 Å². The highest BCUT2D eigenvalue weighted by atomic mass is 19.4. The number of amides is 1. The number of anilines is 1. The summed E-state index contributed by atoms with van der Waals surface area (Å²) in [5.74, 6) is -0.437. The SMILES string of the molecule is COCCOc1ccc(C(F)(F)F)cc1NC(=O)c1ccc(-n2nc(C)cc2C)cc1. The topological polar surface area (TPSA) is 65.4 Å². The molecule has 1 N–H and O–H groups in total. The molecule has 1 aromatic heterocycles. The number of ether oxygens (including phenoxy) is 2. The Bertz CT molecular complexity index is 1060. The molecule has 0 aliphatic carbocycles. The lowest BCUT2D eigenvalue weighted by molar-refractivity contribution is -0.137. The Balaban J connectivity index is 1.83. The maximum Gasteiger partial charge on any atom is 0.416 e. The van der Waals surface area contributed by atoms with Gasteiger partial charge in [0.1, 0.15) is 12.4 Å². The van der Waals surface area contributed by atoms with Crippen molar-refractivity contribution >= 4 is 11.6 Å². The first-order chi connectivity index (χ1) is 14.7. The van der Waals surface area contributed by atoms with Gasteiger partial charge < -0.3 is 14.8 Å². The molecule has 164 valence electrons. The van der Waals surface area contributed by atoms with E-state index in [2.05, 4.69) is 10.4 Å². The number of benzene rings is 2. The molecule has 3 rings (SSSR count). The summed E-state index contributed by atoms with van der Waals surface area (Å²) in [6.45, 7) is 4.18. The van der Waals surface area contributed by atoms with Crippen molar-refractivity contribution in [1.29, 1.82) is 0 Å².